The van der Waals surface area contributed by atoms with Crippen LogP contribution < -0.4 is 11.4 Å². The lowest BCUT2D eigenvalue weighted by Crippen LogP contribution is -2.19. The summed E-state index contributed by atoms with van der Waals surface area (Å²) in [6.07, 6.45) is -1.67. The van der Waals surface area contributed by atoms with E-state index in [0.717, 1.165) is 0 Å². The Morgan fingerprint density at radius 2 is 2.05 bits per heavy atom. The van der Waals surface area contributed by atoms with Crippen molar-refractivity contribution in [3.8, 4) is 0 Å². The van der Waals surface area contributed by atoms with Gasteiger partial charge >= 0.3 is 11.4 Å². The third-order valence-corrected chi connectivity index (χ3v) is 3.25. The van der Waals surface area contributed by atoms with Crippen LogP contribution in [0.2, 0.25) is 0 Å². The quantitative estimate of drug-likeness (QED) is 0.715. The van der Waals surface area contributed by atoms with E-state index in [9.17, 15) is 19.8 Å². The molecule has 1 aromatic heterocycles. The van der Waals surface area contributed by atoms with Gasteiger partial charge in [-0.1, -0.05) is 22.0 Å². The molecule has 0 saturated heterocycles. The first-order chi connectivity index (χ1) is 9.02. The topological polar surface area (TPSA) is 104 Å². The highest BCUT2D eigenvalue weighted by molar-refractivity contribution is 9.09. The summed E-state index contributed by atoms with van der Waals surface area (Å²) in [5.74, 6) is -0.829. The second-order valence-electron chi connectivity index (χ2n) is 4.10. The van der Waals surface area contributed by atoms with Gasteiger partial charge in [-0.3, -0.25) is 4.98 Å². The number of benzene rings is 1. The van der Waals surface area contributed by atoms with Crippen LogP contribution in [-0.4, -0.2) is 26.6 Å². The van der Waals surface area contributed by atoms with Crippen LogP contribution in [0.25, 0.3) is 10.9 Å². The van der Waals surface area contributed by atoms with Gasteiger partial charge in [0.15, 0.2) is 0 Å². The van der Waals surface area contributed by atoms with Crippen LogP contribution in [0, 0.1) is 0 Å². The number of rotatable bonds is 4. The Hall–Kier alpha value is -1.44. The molecule has 2 rings (SSSR count). The summed E-state index contributed by atoms with van der Waals surface area (Å²) in [6.45, 7) is 0. The van der Waals surface area contributed by atoms with Gasteiger partial charge in [0.1, 0.15) is 6.10 Å². The third kappa shape index (κ3) is 2.94. The maximum atomic E-state index is 11.5. The predicted octanol–water partition coefficient (Wildman–Crippen LogP) is 0.661. The van der Waals surface area contributed by atoms with E-state index in [1.807, 2.05) is 0 Å². The zero-order valence-corrected chi connectivity index (χ0v) is 11.4. The number of fused-ring (bicyclic) bond motifs is 1. The second kappa shape index (κ2) is 5.68. The standard InChI is InChI=1S/C12H12BrNO5/c13-4-3-9(15)10(16)6-1-2-8-7(5-6)11(17)19-12(18)14-8/h1-2,5,9-10,15-16H,3-4H2,(H,14,18). The Morgan fingerprint density at radius 3 is 2.74 bits per heavy atom. The molecule has 0 spiro atoms. The largest absolute Gasteiger partial charge is 0.419 e. The number of alkyl halides is 1. The Balaban J connectivity index is 2.47. The van der Waals surface area contributed by atoms with Gasteiger partial charge in [-0.05, 0) is 24.1 Å². The number of hydrogen-bond acceptors (Lipinski definition) is 5. The van der Waals surface area contributed by atoms with Gasteiger partial charge in [-0.25, -0.2) is 9.59 Å². The molecule has 0 aliphatic heterocycles. The Bertz CT molecular complexity index is 692. The summed E-state index contributed by atoms with van der Waals surface area (Å²) in [6, 6.07) is 4.44. The Kier molecular flexibility index (Phi) is 4.18. The first-order valence-electron chi connectivity index (χ1n) is 5.62. The van der Waals surface area contributed by atoms with E-state index < -0.39 is 23.6 Å². The van der Waals surface area contributed by atoms with Gasteiger partial charge in [0.2, 0.25) is 0 Å². The van der Waals surface area contributed by atoms with Gasteiger partial charge in [0.25, 0.3) is 0 Å². The minimum Gasteiger partial charge on any atom is -0.390 e. The molecule has 0 radical (unpaired) electrons. The molecular weight excluding hydrogens is 318 g/mol. The zero-order chi connectivity index (χ0) is 14.0. The van der Waals surface area contributed by atoms with E-state index in [1.165, 1.54) is 12.1 Å². The molecule has 0 aliphatic rings. The predicted molar refractivity (Wildman–Crippen MR) is 72.5 cm³/mol. The fraction of sp³-hybridized carbons (Fsp3) is 0.333. The Morgan fingerprint density at radius 1 is 1.32 bits per heavy atom. The van der Waals surface area contributed by atoms with Crippen molar-refractivity contribution < 1.29 is 14.6 Å². The fourth-order valence-electron chi connectivity index (χ4n) is 1.79. The number of aromatic amines is 1. The molecule has 2 aromatic rings. The molecule has 1 heterocycles. The van der Waals surface area contributed by atoms with E-state index in [2.05, 4.69) is 25.3 Å². The molecule has 102 valence electrons. The van der Waals surface area contributed by atoms with Crippen LogP contribution in [-0.2, 0) is 0 Å². The van der Waals surface area contributed by atoms with Gasteiger partial charge in [0, 0.05) is 5.33 Å². The van der Waals surface area contributed by atoms with Crippen molar-refractivity contribution in [3.05, 3.63) is 44.7 Å². The van der Waals surface area contributed by atoms with Crippen molar-refractivity contribution >= 4 is 26.8 Å². The monoisotopic (exact) mass is 329 g/mol. The number of hydrogen-bond donors (Lipinski definition) is 3. The van der Waals surface area contributed by atoms with Crippen molar-refractivity contribution in [1.82, 2.24) is 4.98 Å². The van der Waals surface area contributed by atoms with Crippen LogP contribution in [0.1, 0.15) is 18.1 Å². The molecular formula is C12H12BrNO5. The van der Waals surface area contributed by atoms with Gasteiger partial charge in [0.05, 0.1) is 17.0 Å². The summed E-state index contributed by atoms with van der Waals surface area (Å²) in [5.41, 5.74) is -0.0599. The summed E-state index contributed by atoms with van der Waals surface area (Å²) in [4.78, 5) is 24.9. The first kappa shape index (κ1) is 14.0. The Labute approximate surface area is 115 Å². The van der Waals surface area contributed by atoms with E-state index in [4.69, 9.17) is 0 Å². The number of halogens is 1. The zero-order valence-electron chi connectivity index (χ0n) is 9.80. The maximum absolute atomic E-state index is 11.5. The maximum Gasteiger partial charge on any atom is 0.419 e. The van der Waals surface area contributed by atoms with Crippen molar-refractivity contribution in [2.45, 2.75) is 18.6 Å². The van der Waals surface area contributed by atoms with Gasteiger partial charge in [-0.2, -0.15) is 0 Å². The number of H-pyrrole nitrogens is 1. The molecule has 0 fully saturated rings. The first-order valence-corrected chi connectivity index (χ1v) is 6.74. The normalized spacial score (nSPS) is 14.5. The fourth-order valence-corrected chi connectivity index (χ4v) is 2.26. The molecule has 19 heavy (non-hydrogen) atoms. The van der Waals surface area contributed by atoms with Gasteiger partial charge in [-0.15, -0.1) is 0 Å². The molecule has 0 saturated carbocycles. The van der Waals surface area contributed by atoms with E-state index >= 15 is 0 Å². The van der Waals surface area contributed by atoms with E-state index in [1.54, 1.807) is 6.07 Å². The van der Waals surface area contributed by atoms with Crippen LogP contribution in [0.5, 0.6) is 0 Å². The highest BCUT2D eigenvalue weighted by Gasteiger charge is 2.18. The molecule has 0 aliphatic carbocycles. The summed E-state index contributed by atoms with van der Waals surface area (Å²) >= 11 is 3.17. The highest BCUT2D eigenvalue weighted by Crippen LogP contribution is 2.21. The second-order valence-corrected chi connectivity index (χ2v) is 4.89. The van der Waals surface area contributed by atoms with Crippen LogP contribution in [0.15, 0.2) is 32.2 Å². The van der Waals surface area contributed by atoms with Crippen LogP contribution >= 0.6 is 15.9 Å². The smallest absolute Gasteiger partial charge is 0.390 e. The van der Waals surface area contributed by atoms with Crippen LogP contribution in [0.4, 0.5) is 0 Å². The number of aliphatic hydroxyl groups excluding tert-OH is 2. The van der Waals surface area contributed by atoms with Crippen molar-refractivity contribution in [3.63, 3.8) is 0 Å². The van der Waals surface area contributed by atoms with E-state index in [-0.39, 0.29) is 5.39 Å². The van der Waals surface area contributed by atoms with Crippen LogP contribution in [0.3, 0.4) is 0 Å². The molecule has 2 atom stereocenters. The third-order valence-electron chi connectivity index (χ3n) is 2.80. The lowest BCUT2D eigenvalue weighted by molar-refractivity contribution is 0.0174. The average molecular weight is 330 g/mol. The molecule has 3 N–H and O–H groups in total. The summed E-state index contributed by atoms with van der Waals surface area (Å²) < 4.78 is 4.41. The highest BCUT2D eigenvalue weighted by atomic mass is 79.9. The SMILES string of the molecule is O=c1[nH]c2ccc(C(O)C(O)CCBr)cc2c(=O)o1. The van der Waals surface area contributed by atoms with Crippen molar-refractivity contribution in [2.75, 3.05) is 5.33 Å². The molecule has 0 bridgehead atoms. The number of nitrogens with one attached hydrogen (secondary N) is 1. The van der Waals surface area contributed by atoms with Crippen molar-refractivity contribution in [1.29, 1.82) is 0 Å². The number of aromatic nitrogens is 1. The van der Waals surface area contributed by atoms with Gasteiger partial charge < -0.3 is 14.6 Å². The minimum absolute atomic E-state index is 0.155. The molecule has 2 unspecified atom stereocenters. The summed E-state index contributed by atoms with van der Waals surface area (Å²) in [5, 5.41) is 20.4. The number of aliphatic hydroxyl groups is 2. The molecule has 1 aromatic carbocycles. The average Bonchev–Trinajstić information content (AvgIpc) is 2.37. The molecule has 6 nitrogen and oxygen atoms in total. The molecule has 0 amide bonds. The lowest BCUT2D eigenvalue weighted by atomic mass is 10.0. The lowest BCUT2D eigenvalue weighted by Gasteiger charge is -2.17. The molecule has 7 heteroatoms. The van der Waals surface area contributed by atoms with E-state index in [0.29, 0.717) is 22.8 Å². The van der Waals surface area contributed by atoms with Crippen molar-refractivity contribution in [2.24, 2.45) is 0 Å². The summed E-state index contributed by atoms with van der Waals surface area (Å²) in [7, 11) is 0. The minimum atomic E-state index is -1.10.